The molecular weight excluding hydrogens is 234 g/mol. The molecule has 0 aromatic heterocycles. The molecule has 0 saturated heterocycles. The van der Waals surface area contributed by atoms with Crippen molar-refractivity contribution >= 4 is 17.7 Å². The highest BCUT2D eigenvalue weighted by Crippen LogP contribution is 2.51. The van der Waals surface area contributed by atoms with Gasteiger partial charge in [0.25, 0.3) is 0 Å². The van der Waals surface area contributed by atoms with Crippen LogP contribution in [0.15, 0.2) is 0 Å². The van der Waals surface area contributed by atoms with Gasteiger partial charge >= 0.3 is 5.97 Å². The van der Waals surface area contributed by atoms with Crippen LogP contribution in [0.2, 0.25) is 0 Å². The van der Waals surface area contributed by atoms with E-state index in [1.165, 1.54) is 38.5 Å². The molecule has 0 amide bonds. The molecule has 0 aliphatic heterocycles. The minimum Gasteiger partial charge on any atom is -0.469 e. The molecule has 0 bridgehead atoms. The smallest absolute Gasteiger partial charge is 0.306 e. The maximum absolute atomic E-state index is 11.2. The van der Waals surface area contributed by atoms with E-state index in [0.29, 0.717) is 6.42 Å². The molecule has 1 aliphatic carbocycles. The van der Waals surface area contributed by atoms with E-state index < -0.39 is 0 Å². The van der Waals surface area contributed by atoms with Gasteiger partial charge in [-0.25, -0.2) is 0 Å². The molecule has 0 aromatic carbocycles. The van der Waals surface area contributed by atoms with Crippen molar-refractivity contribution in [1.82, 2.24) is 5.32 Å². The van der Waals surface area contributed by atoms with Gasteiger partial charge < -0.3 is 10.1 Å². The third kappa shape index (κ3) is 6.32. The summed E-state index contributed by atoms with van der Waals surface area (Å²) in [6, 6.07) is 0. The van der Waals surface area contributed by atoms with Crippen LogP contribution in [0.1, 0.15) is 39.0 Å². The maximum atomic E-state index is 11.2. The van der Waals surface area contributed by atoms with Crippen molar-refractivity contribution in [2.45, 2.75) is 39.0 Å². The topological polar surface area (TPSA) is 38.3 Å². The molecule has 0 aromatic rings. The van der Waals surface area contributed by atoms with Crippen molar-refractivity contribution in [3.05, 3.63) is 0 Å². The van der Waals surface area contributed by atoms with E-state index in [4.69, 9.17) is 4.74 Å². The van der Waals surface area contributed by atoms with E-state index in [2.05, 4.69) is 12.2 Å². The summed E-state index contributed by atoms with van der Waals surface area (Å²) in [5.41, 5.74) is 0.286. The molecule has 17 heavy (non-hydrogen) atoms. The molecule has 1 saturated carbocycles. The first kappa shape index (κ1) is 14.8. The van der Waals surface area contributed by atoms with Gasteiger partial charge in [-0.2, -0.15) is 11.8 Å². The van der Waals surface area contributed by atoms with Gasteiger partial charge in [-0.15, -0.1) is 0 Å². The third-order valence-corrected chi connectivity index (χ3v) is 4.58. The number of thioether (sulfide) groups is 1. The highest BCUT2D eigenvalue weighted by molar-refractivity contribution is 7.99. The van der Waals surface area contributed by atoms with E-state index in [1.807, 2.05) is 11.8 Å². The third-order valence-electron chi connectivity index (χ3n) is 3.18. The van der Waals surface area contributed by atoms with Gasteiger partial charge in [-0.3, -0.25) is 4.79 Å². The first-order valence-corrected chi connectivity index (χ1v) is 7.73. The fraction of sp³-hybridized carbons (Fsp3) is 0.923. The van der Waals surface area contributed by atoms with Gasteiger partial charge in [0.05, 0.1) is 13.5 Å². The lowest BCUT2D eigenvalue weighted by molar-refractivity contribution is -0.141. The Kier molecular flexibility index (Phi) is 6.97. The summed E-state index contributed by atoms with van der Waals surface area (Å²) >= 11 is 1.99. The van der Waals surface area contributed by atoms with Crippen molar-refractivity contribution < 1.29 is 9.53 Å². The Morgan fingerprint density at radius 3 is 2.76 bits per heavy atom. The summed E-state index contributed by atoms with van der Waals surface area (Å²) in [5.74, 6) is 2.27. The van der Waals surface area contributed by atoms with E-state index in [1.54, 1.807) is 0 Å². The SMILES string of the molecule is CCCNCCCSCC1(CC(=O)OC)CC1. The number of methoxy groups -OCH3 is 1. The number of carbonyl (C=O) groups is 1. The summed E-state index contributed by atoms with van der Waals surface area (Å²) in [7, 11) is 1.48. The van der Waals surface area contributed by atoms with Gasteiger partial charge in [0.15, 0.2) is 0 Å². The first-order valence-electron chi connectivity index (χ1n) is 6.58. The molecule has 4 heteroatoms. The number of ether oxygens (including phenoxy) is 1. The first-order chi connectivity index (χ1) is 8.22. The zero-order chi connectivity index (χ0) is 12.6. The van der Waals surface area contributed by atoms with Crippen LogP contribution < -0.4 is 5.32 Å². The van der Waals surface area contributed by atoms with Crippen molar-refractivity contribution in [1.29, 1.82) is 0 Å². The Labute approximate surface area is 109 Å². The normalized spacial score (nSPS) is 16.8. The summed E-state index contributed by atoms with van der Waals surface area (Å²) in [5, 5.41) is 3.40. The van der Waals surface area contributed by atoms with Crippen LogP contribution in [0.4, 0.5) is 0 Å². The molecule has 0 heterocycles. The highest BCUT2D eigenvalue weighted by Gasteiger charge is 2.44. The summed E-state index contributed by atoms with van der Waals surface area (Å²) in [6.45, 7) is 4.42. The lowest BCUT2D eigenvalue weighted by atomic mass is 10.1. The largest absolute Gasteiger partial charge is 0.469 e. The summed E-state index contributed by atoms with van der Waals surface area (Å²) in [4.78, 5) is 11.2. The summed E-state index contributed by atoms with van der Waals surface area (Å²) < 4.78 is 4.74. The number of rotatable bonds is 10. The van der Waals surface area contributed by atoms with Gasteiger partial charge in [-0.05, 0) is 55.7 Å². The second-order valence-electron chi connectivity index (χ2n) is 4.91. The molecule has 0 radical (unpaired) electrons. The zero-order valence-electron chi connectivity index (χ0n) is 11.1. The highest BCUT2D eigenvalue weighted by atomic mass is 32.2. The minimum atomic E-state index is -0.0484. The number of hydrogen-bond donors (Lipinski definition) is 1. The summed E-state index contributed by atoms with van der Waals surface area (Å²) in [6.07, 6.45) is 5.44. The van der Waals surface area contributed by atoms with E-state index >= 15 is 0 Å². The van der Waals surface area contributed by atoms with Crippen LogP contribution in [0.5, 0.6) is 0 Å². The molecule has 1 aliphatic rings. The predicted molar refractivity (Wildman–Crippen MR) is 73.4 cm³/mol. The molecule has 0 spiro atoms. The number of nitrogens with one attached hydrogen (secondary N) is 1. The molecule has 100 valence electrons. The van der Waals surface area contributed by atoms with Crippen LogP contribution in [0, 0.1) is 5.41 Å². The fourth-order valence-corrected chi connectivity index (χ4v) is 3.13. The van der Waals surface area contributed by atoms with Crippen LogP contribution in [0.25, 0.3) is 0 Å². The van der Waals surface area contributed by atoms with Crippen molar-refractivity contribution in [2.24, 2.45) is 5.41 Å². The molecule has 0 unspecified atom stereocenters. The quantitative estimate of drug-likeness (QED) is 0.483. The average Bonchev–Trinajstić information content (AvgIpc) is 3.08. The minimum absolute atomic E-state index is 0.0484. The Bertz CT molecular complexity index is 229. The second-order valence-corrected chi connectivity index (χ2v) is 6.01. The molecule has 1 fully saturated rings. The molecule has 1 rings (SSSR count). The number of hydrogen-bond acceptors (Lipinski definition) is 4. The predicted octanol–water partition coefficient (Wildman–Crippen LogP) is 2.45. The van der Waals surface area contributed by atoms with Gasteiger partial charge in [0, 0.05) is 0 Å². The molecule has 3 nitrogen and oxygen atoms in total. The van der Waals surface area contributed by atoms with Crippen LogP contribution >= 0.6 is 11.8 Å². The average molecular weight is 259 g/mol. The molecular formula is C13H25NO2S. The van der Waals surface area contributed by atoms with E-state index in [9.17, 15) is 4.79 Å². The Morgan fingerprint density at radius 1 is 1.41 bits per heavy atom. The standard InChI is InChI=1S/C13H25NO2S/c1-3-7-14-8-4-9-17-11-13(5-6-13)10-12(15)16-2/h14H,3-11H2,1-2H3. The number of esters is 1. The van der Waals surface area contributed by atoms with Crippen LogP contribution in [-0.2, 0) is 9.53 Å². The lowest BCUT2D eigenvalue weighted by Crippen LogP contribution is -2.17. The van der Waals surface area contributed by atoms with E-state index in [-0.39, 0.29) is 11.4 Å². The van der Waals surface area contributed by atoms with Gasteiger partial charge in [-0.1, -0.05) is 6.92 Å². The van der Waals surface area contributed by atoms with Crippen molar-refractivity contribution in [2.75, 3.05) is 31.7 Å². The maximum Gasteiger partial charge on any atom is 0.306 e. The molecule has 1 N–H and O–H groups in total. The van der Waals surface area contributed by atoms with Gasteiger partial charge in [0.1, 0.15) is 0 Å². The van der Waals surface area contributed by atoms with Crippen molar-refractivity contribution in [3.63, 3.8) is 0 Å². The Morgan fingerprint density at radius 2 is 2.18 bits per heavy atom. The van der Waals surface area contributed by atoms with Crippen LogP contribution in [-0.4, -0.2) is 37.7 Å². The molecule has 0 atom stereocenters. The van der Waals surface area contributed by atoms with E-state index in [0.717, 1.165) is 18.8 Å². The van der Waals surface area contributed by atoms with Crippen LogP contribution in [0.3, 0.4) is 0 Å². The Balaban J connectivity index is 1.97. The Hall–Kier alpha value is -0.220. The van der Waals surface area contributed by atoms with Gasteiger partial charge in [0.2, 0.25) is 0 Å². The second kappa shape index (κ2) is 7.98. The van der Waals surface area contributed by atoms with Crippen molar-refractivity contribution in [3.8, 4) is 0 Å². The monoisotopic (exact) mass is 259 g/mol. The number of carbonyl (C=O) groups excluding carboxylic acids is 1. The zero-order valence-corrected chi connectivity index (χ0v) is 11.9. The fourth-order valence-electron chi connectivity index (χ4n) is 1.82. The lowest BCUT2D eigenvalue weighted by Gasteiger charge is -2.12.